The largest absolute Gasteiger partial charge is 0.311 e. The molecule has 2 aliphatic heterocycles. The summed E-state index contributed by atoms with van der Waals surface area (Å²) in [5, 5.41) is 5.19. The van der Waals surface area contributed by atoms with Crippen LogP contribution in [0.15, 0.2) is 152 Å². The second-order valence-electron chi connectivity index (χ2n) is 15.0. The highest BCUT2D eigenvalue weighted by atomic mass is 15.2. The second-order valence-corrected chi connectivity index (χ2v) is 15.0. The minimum Gasteiger partial charge on any atom is -0.311 e. The molecule has 236 valence electrons. The normalized spacial score (nSPS) is 13.4. The molecule has 3 nitrogen and oxygen atoms in total. The fourth-order valence-corrected chi connectivity index (χ4v) is 9.11. The van der Waals surface area contributed by atoms with E-state index < -0.39 is 0 Å². The molecule has 0 radical (unpaired) electrons. The summed E-state index contributed by atoms with van der Waals surface area (Å²) < 4.78 is 5.06. The van der Waals surface area contributed by atoms with Crippen LogP contribution in [0.1, 0.15) is 26.3 Å². The van der Waals surface area contributed by atoms with Gasteiger partial charge in [-0.05, 0) is 82.0 Å². The lowest BCUT2D eigenvalue weighted by atomic mass is 9.33. The van der Waals surface area contributed by atoms with Gasteiger partial charge < -0.3 is 14.0 Å². The zero-order chi connectivity index (χ0) is 33.3. The van der Waals surface area contributed by atoms with Crippen molar-refractivity contribution in [3.63, 3.8) is 0 Å². The van der Waals surface area contributed by atoms with Gasteiger partial charge in [0.2, 0.25) is 0 Å². The van der Waals surface area contributed by atoms with Crippen LogP contribution in [0.3, 0.4) is 0 Å². The van der Waals surface area contributed by atoms with E-state index >= 15 is 0 Å². The van der Waals surface area contributed by atoms with Gasteiger partial charge in [0.25, 0.3) is 6.71 Å². The molecule has 0 saturated carbocycles. The molecule has 11 rings (SSSR count). The summed E-state index contributed by atoms with van der Waals surface area (Å²) in [6.07, 6.45) is 0. The number of aromatic nitrogens is 2. The van der Waals surface area contributed by atoms with Crippen molar-refractivity contribution in [3.8, 4) is 11.4 Å². The first-order valence-electron chi connectivity index (χ1n) is 17.7. The van der Waals surface area contributed by atoms with Gasteiger partial charge in [-0.15, -0.1) is 0 Å². The maximum atomic E-state index is 2.57. The minimum atomic E-state index is 0.0880. The average molecular weight is 640 g/mol. The Hall–Kier alpha value is -6.00. The molecule has 0 bridgehead atoms. The SMILES string of the molecule is CC(C)(C)c1ccc(N2c3ccccc3B3c4c2cccc4-n2c4ccccc4c4c2c3cc2c3ccccc3n(-c3ccccc3)c24)cc1. The van der Waals surface area contributed by atoms with Crippen molar-refractivity contribution in [3.05, 3.63) is 157 Å². The molecule has 9 aromatic rings. The average Bonchev–Trinajstić information content (AvgIpc) is 3.67. The molecule has 0 aliphatic carbocycles. The van der Waals surface area contributed by atoms with Crippen molar-refractivity contribution >= 4 is 83.8 Å². The van der Waals surface area contributed by atoms with Crippen molar-refractivity contribution in [2.45, 2.75) is 26.2 Å². The van der Waals surface area contributed by atoms with E-state index in [9.17, 15) is 0 Å². The van der Waals surface area contributed by atoms with E-state index in [0.717, 1.165) is 0 Å². The zero-order valence-electron chi connectivity index (χ0n) is 28.4. The van der Waals surface area contributed by atoms with Gasteiger partial charge in [0.15, 0.2) is 0 Å². The van der Waals surface area contributed by atoms with Crippen LogP contribution in [0.2, 0.25) is 0 Å². The van der Waals surface area contributed by atoms with Crippen molar-refractivity contribution < 1.29 is 0 Å². The molecule has 50 heavy (non-hydrogen) atoms. The molecule has 0 fully saturated rings. The lowest BCUT2D eigenvalue weighted by Crippen LogP contribution is -2.60. The van der Waals surface area contributed by atoms with E-state index in [1.54, 1.807) is 0 Å². The van der Waals surface area contributed by atoms with Gasteiger partial charge in [-0.2, -0.15) is 0 Å². The predicted octanol–water partition coefficient (Wildman–Crippen LogP) is 9.79. The first-order chi connectivity index (χ1) is 24.5. The second kappa shape index (κ2) is 9.80. The summed E-state index contributed by atoms with van der Waals surface area (Å²) in [6, 6.07) is 56.5. The Morgan fingerprint density at radius 2 is 1.10 bits per heavy atom. The summed E-state index contributed by atoms with van der Waals surface area (Å²) in [7, 11) is 0. The molecule has 2 aliphatic rings. The predicted molar refractivity (Wildman–Crippen MR) is 213 cm³/mol. The topological polar surface area (TPSA) is 13.1 Å². The van der Waals surface area contributed by atoms with Gasteiger partial charge in [0.05, 0.1) is 22.1 Å². The highest BCUT2D eigenvalue weighted by Gasteiger charge is 2.42. The van der Waals surface area contributed by atoms with Crippen LogP contribution in [0.25, 0.3) is 55.0 Å². The fraction of sp³-hybridized carbons (Fsp3) is 0.0870. The maximum Gasteiger partial charge on any atom is 0.252 e. The van der Waals surface area contributed by atoms with Crippen molar-refractivity contribution in [1.82, 2.24) is 9.13 Å². The van der Waals surface area contributed by atoms with E-state index in [1.165, 1.54) is 94.0 Å². The number of para-hydroxylation sites is 4. The quantitative estimate of drug-likeness (QED) is 0.172. The Kier molecular flexibility index (Phi) is 5.47. The van der Waals surface area contributed by atoms with Gasteiger partial charge in [-0.1, -0.05) is 118 Å². The van der Waals surface area contributed by atoms with Crippen LogP contribution in [0, 0.1) is 0 Å². The standard InChI is InChI=1S/C46H34BN3/c1-46(2,3)29-24-26-31(27-25-29)48-39-21-12-9-18-35(39)47-36-28-34-32-16-7-10-19-37(32)49(30-14-5-4-6-15-30)44(34)42-33-17-8-11-20-38(33)50(45(36)42)41-23-13-22-40(48)43(41)47/h4-28H,1-3H3. The lowest BCUT2D eigenvalue weighted by molar-refractivity contribution is 0.590. The number of hydrogen-bond acceptors (Lipinski definition) is 1. The Balaban J connectivity index is 1.30. The van der Waals surface area contributed by atoms with E-state index in [4.69, 9.17) is 0 Å². The number of hydrogen-bond donors (Lipinski definition) is 0. The summed E-state index contributed by atoms with van der Waals surface area (Å²) >= 11 is 0. The van der Waals surface area contributed by atoms with Crippen LogP contribution in [0.4, 0.5) is 17.1 Å². The molecule has 0 saturated heterocycles. The monoisotopic (exact) mass is 639 g/mol. The Morgan fingerprint density at radius 1 is 0.460 bits per heavy atom. The molecule has 2 aromatic heterocycles. The van der Waals surface area contributed by atoms with Crippen LogP contribution < -0.4 is 21.3 Å². The molecule has 0 atom stereocenters. The fourth-order valence-electron chi connectivity index (χ4n) is 9.11. The maximum absolute atomic E-state index is 2.57. The number of rotatable bonds is 2. The molecule has 0 N–H and O–H groups in total. The molecule has 4 heterocycles. The van der Waals surface area contributed by atoms with E-state index in [-0.39, 0.29) is 12.1 Å². The first kappa shape index (κ1) is 27.9. The third-order valence-corrected chi connectivity index (χ3v) is 11.2. The molecule has 0 unspecified atom stereocenters. The van der Waals surface area contributed by atoms with Crippen molar-refractivity contribution in [2.75, 3.05) is 4.90 Å². The molecule has 7 aromatic carbocycles. The highest BCUT2D eigenvalue weighted by molar-refractivity contribution is 7.00. The molecular formula is C46H34BN3. The Bertz CT molecular complexity index is 2850. The third-order valence-electron chi connectivity index (χ3n) is 11.2. The summed E-state index contributed by atoms with van der Waals surface area (Å²) in [5.74, 6) is 0. The summed E-state index contributed by atoms with van der Waals surface area (Å²) in [6.45, 7) is 6.93. The van der Waals surface area contributed by atoms with Crippen LogP contribution in [-0.2, 0) is 5.41 Å². The summed E-state index contributed by atoms with van der Waals surface area (Å²) in [5.41, 5.74) is 16.7. The third kappa shape index (κ3) is 3.55. The van der Waals surface area contributed by atoms with Gasteiger partial charge in [0.1, 0.15) is 0 Å². The Morgan fingerprint density at radius 3 is 1.88 bits per heavy atom. The number of anilines is 3. The smallest absolute Gasteiger partial charge is 0.252 e. The number of fused-ring (bicyclic) bond motifs is 11. The first-order valence-corrected chi connectivity index (χ1v) is 17.7. The molecule has 0 spiro atoms. The van der Waals surface area contributed by atoms with E-state index in [1.807, 2.05) is 0 Å². The van der Waals surface area contributed by atoms with Crippen molar-refractivity contribution in [1.29, 1.82) is 0 Å². The van der Waals surface area contributed by atoms with E-state index in [2.05, 4.69) is 186 Å². The number of nitrogens with zero attached hydrogens (tertiary/aromatic N) is 3. The Labute approximate surface area is 291 Å². The van der Waals surface area contributed by atoms with Crippen LogP contribution in [0.5, 0.6) is 0 Å². The lowest BCUT2D eigenvalue weighted by Gasteiger charge is -2.40. The highest BCUT2D eigenvalue weighted by Crippen LogP contribution is 2.45. The molecular weight excluding hydrogens is 605 g/mol. The van der Waals surface area contributed by atoms with Gasteiger partial charge in [-0.25, -0.2) is 0 Å². The van der Waals surface area contributed by atoms with E-state index in [0.29, 0.717) is 0 Å². The van der Waals surface area contributed by atoms with Gasteiger partial charge >= 0.3 is 0 Å². The number of benzene rings is 7. The van der Waals surface area contributed by atoms with Crippen LogP contribution >= 0.6 is 0 Å². The zero-order valence-corrected chi connectivity index (χ0v) is 28.4. The molecule has 0 amide bonds. The molecule has 4 heteroatoms. The minimum absolute atomic E-state index is 0.0880. The van der Waals surface area contributed by atoms with Gasteiger partial charge in [0, 0.05) is 50.0 Å². The van der Waals surface area contributed by atoms with Crippen molar-refractivity contribution in [2.24, 2.45) is 0 Å². The van der Waals surface area contributed by atoms with Gasteiger partial charge in [-0.3, -0.25) is 0 Å². The summed E-state index contributed by atoms with van der Waals surface area (Å²) in [4.78, 5) is 2.49. The van der Waals surface area contributed by atoms with Crippen LogP contribution in [-0.4, -0.2) is 15.8 Å².